The number of likely N-dealkylation sites (N-methyl/N-ethyl adjacent to an activating group) is 1. The Labute approximate surface area is 219 Å². The molecule has 0 bridgehead atoms. The monoisotopic (exact) mass is 501 g/mol. The second-order valence-corrected chi connectivity index (χ2v) is 9.39. The molecule has 2 amide bonds. The molecule has 0 unspecified atom stereocenters. The molecule has 1 atom stereocenters. The summed E-state index contributed by atoms with van der Waals surface area (Å²) in [6, 6.07) is 25.4. The minimum absolute atomic E-state index is 0.0146. The van der Waals surface area contributed by atoms with Crippen molar-refractivity contribution in [3.8, 4) is 17.2 Å². The van der Waals surface area contributed by atoms with Gasteiger partial charge in [-0.15, -0.1) is 0 Å². The number of hydrogen-bond donors (Lipinski definition) is 1. The lowest BCUT2D eigenvalue weighted by atomic mass is 10.0. The fourth-order valence-electron chi connectivity index (χ4n) is 4.35. The molecule has 0 radical (unpaired) electrons. The Morgan fingerprint density at radius 2 is 1.68 bits per heavy atom. The zero-order valence-corrected chi connectivity index (χ0v) is 21.6. The lowest BCUT2D eigenvalue weighted by molar-refractivity contribution is -0.134. The first-order valence-electron chi connectivity index (χ1n) is 12.7. The summed E-state index contributed by atoms with van der Waals surface area (Å²) in [7, 11) is 3.41. The molecule has 0 saturated carbocycles. The molecule has 1 aliphatic heterocycles. The van der Waals surface area contributed by atoms with E-state index in [0.29, 0.717) is 25.1 Å². The number of amides is 2. The van der Waals surface area contributed by atoms with Gasteiger partial charge in [-0.25, -0.2) is 0 Å². The van der Waals surface area contributed by atoms with Crippen molar-refractivity contribution in [3.63, 3.8) is 0 Å². The van der Waals surface area contributed by atoms with Crippen molar-refractivity contribution in [2.45, 2.75) is 25.3 Å². The first kappa shape index (κ1) is 26.2. The molecule has 0 spiro atoms. The Morgan fingerprint density at radius 1 is 0.946 bits per heavy atom. The summed E-state index contributed by atoms with van der Waals surface area (Å²) in [5.74, 6) is 2.30. The summed E-state index contributed by atoms with van der Waals surface area (Å²) in [4.78, 5) is 28.6. The molecule has 1 saturated heterocycles. The van der Waals surface area contributed by atoms with E-state index in [2.05, 4.69) is 5.32 Å². The second-order valence-electron chi connectivity index (χ2n) is 9.39. The number of carbonyl (C=O) groups excluding carboxylic acids is 2. The molecule has 1 N–H and O–H groups in total. The highest BCUT2D eigenvalue weighted by molar-refractivity contribution is 5.77. The summed E-state index contributed by atoms with van der Waals surface area (Å²) >= 11 is 0. The summed E-state index contributed by atoms with van der Waals surface area (Å²) in [5, 5.41) is 3.42. The van der Waals surface area contributed by atoms with Gasteiger partial charge in [0, 0.05) is 46.2 Å². The third kappa shape index (κ3) is 7.57. The smallest absolute Gasteiger partial charge is 0.259 e. The van der Waals surface area contributed by atoms with Crippen LogP contribution in [-0.2, 0) is 22.4 Å². The van der Waals surface area contributed by atoms with Crippen LogP contribution in [0.4, 0.5) is 0 Å². The van der Waals surface area contributed by atoms with E-state index in [1.54, 1.807) is 14.1 Å². The third-order valence-electron chi connectivity index (χ3n) is 6.48. The van der Waals surface area contributed by atoms with E-state index in [4.69, 9.17) is 9.47 Å². The number of nitrogens with zero attached hydrogens (tertiary/aromatic N) is 2. The van der Waals surface area contributed by atoms with Crippen molar-refractivity contribution in [1.29, 1.82) is 0 Å². The highest BCUT2D eigenvalue weighted by Gasteiger charge is 2.26. The van der Waals surface area contributed by atoms with Gasteiger partial charge in [0.1, 0.15) is 17.2 Å². The number of carbonyl (C=O) groups is 2. The molecule has 4 rings (SSSR count). The Morgan fingerprint density at radius 3 is 2.43 bits per heavy atom. The standard InChI is InChI=1S/C30H35N3O4/c1-32(2)30(35)22-36-26-15-12-23(13-16-26)20-25-21-31-18-19-33(25)29(34)17-14-24-8-6-7-11-28(24)37-27-9-4-3-5-10-27/h3-13,15-16,25,31H,14,17-22H2,1-2H3/t25-/m1/s1. The zero-order valence-electron chi connectivity index (χ0n) is 21.6. The third-order valence-corrected chi connectivity index (χ3v) is 6.48. The van der Waals surface area contributed by atoms with Crippen molar-refractivity contribution in [1.82, 2.24) is 15.1 Å². The predicted molar refractivity (Wildman–Crippen MR) is 144 cm³/mol. The number of aryl methyl sites for hydroxylation is 1. The largest absolute Gasteiger partial charge is 0.484 e. The number of ether oxygens (including phenoxy) is 2. The van der Waals surface area contributed by atoms with Crippen molar-refractivity contribution >= 4 is 11.8 Å². The number of benzene rings is 3. The summed E-state index contributed by atoms with van der Waals surface area (Å²) in [6.07, 6.45) is 1.80. The quantitative estimate of drug-likeness (QED) is 0.456. The minimum atomic E-state index is -0.0826. The van der Waals surface area contributed by atoms with E-state index in [-0.39, 0.29) is 24.5 Å². The van der Waals surface area contributed by atoms with Gasteiger partial charge < -0.3 is 24.6 Å². The van der Waals surface area contributed by atoms with Crippen LogP contribution in [0.15, 0.2) is 78.9 Å². The maximum absolute atomic E-state index is 13.3. The van der Waals surface area contributed by atoms with E-state index in [1.807, 2.05) is 83.8 Å². The van der Waals surface area contributed by atoms with Gasteiger partial charge >= 0.3 is 0 Å². The lowest BCUT2D eigenvalue weighted by Crippen LogP contribution is -2.54. The summed E-state index contributed by atoms with van der Waals surface area (Å²) < 4.78 is 11.6. The first-order chi connectivity index (χ1) is 18.0. The zero-order chi connectivity index (χ0) is 26.0. The molecule has 0 aromatic heterocycles. The van der Waals surface area contributed by atoms with Crippen molar-refractivity contribution in [2.24, 2.45) is 0 Å². The van der Waals surface area contributed by atoms with Crippen molar-refractivity contribution < 1.29 is 19.1 Å². The lowest BCUT2D eigenvalue weighted by Gasteiger charge is -2.36. The van der Waals surface area contributed by atoms with Gasteiger partial charge in [0.15, 0.2) is 6.61 Å². The summed E-state index contributed by atoms with van der Waals surface area (Å²) in [6.45, 7) is 2.26. The highest BCUT2D eigenvalue weighted by Crippen LogP contribution is 2.26. The van der Waals surface area contributed by atoms with Crippen molar-refractivity contribution in [3.05, 3.63) is 90.0 Å². The molecule has 194 valence electrons. The molecule has 1 fully saturated rings. The van der Waals surface area contributed by atoms with Crippen LogP contribution in [0.1, 0.15) is 17.5 Å². The number of nitrogens with one attached hydrogen (secondary N) is 1. The number of piperazine rings is 1. The molecule has 7 nitrogen and oxygen atoms in total. The van der Waals surface area contributed by atoms with Crippen LogP contribution >= 0.6 is 0 Å². The van der Waals surface area contributed by atoms with E-state index in [9.17, 15) is 9.59 Å². The van der Waals surface area contributed by atoms with Crippen molar-refractivity contribution in [2.75, 3.05) is 40.3 Å². The normalized spacial score (nSPS) is 15.2. The first-order valence-corrected chi connectivity index (χ1v) is 12.7. The molecular weight excluding hydrogens is 466 g/mol. The molecular formula is C30H35N3O4. The van der Waals surface area contributed by atoms with Crippen LogP contribution in [0.25, 0.3) is 0 Å². The Balaban J connectivity index is 1.34. The van der Waals surface area contributed by atoms with Gasteiger partial charge in [-0.1, -0.05) is 48.5 Å². The molecule has 37 heavy (non-hydrogen) atoms. The van der Waals surface area contributed by atoms with Gasteiger partial charge in [-0.05, 0) is 54.3 Å². The van der Waals surface area contributed by atoms with Crippen LogP contribution in [-0.4, -0.2) is 68.0 Å². The summed E-state index contributed by atoms with van der Waals surface area (Å²) in [5.41, 5.74) is 2.15. The molecule has 3 aromatic rings. The highest BCUT2D eigenvalue weighted by atomic mass is 16.5. The van der Waals surface area contributed by atoms with E-state index in [1.165, 1.54) is 4.90 Å². The fourth-order valence-corrected chi connectivity index (χ4v) is 4.35. The average Bonchev–Trinajstić information content (AvgIpc) is 2.92. The average molecular weight is 502 g/mol. The number of hydrogen-bond acceptors (Lipinski definition) is 5. The Hall–Kier alpha value is -3.84. The molecule has 0 aliphatic carbocycles. The van der Waals surface area contributed by atoms with Crippen LogP contribution < -0.4 is 14.8 Å². The number of para-hydroxylation sites is 2. The molecule has 1 aliphatic rings. The minimum Gasteiger partial charge on any atom is -0.484 e. The maximum atomic E-state index is 13.3. The van der Waals surface area contributed by atoms with Crippen LogP contribution in [0.5, 0.6) is 17.2 Å². The van der Waals surface area contributed by atoms with Gasteiger partial charge in [-0.2, -0.15) is 0 Å². The van der Waals surface area contributed by atoms with Gasteiger partial charge in [0.2, 0.25) is 5.91 Å². The topological polar surface area (TPSA) is 71.1 Å². The maximum Gasteiger partial charge on any atom is 0.259 e. The number of rotatable bonds is 10. The Bertz CT molecular complexity index is 1160. The Kier molecular flexibility index (Phi) is 9.16. The van der Waals surface area contributed by atoms with Gasteiger partial charge in [0.25, 0.3) is 5.91 Å². The second kappa shape index (κ2) is 12.9. The fraction of sp³-hybridized carbons (Fsp3) is 0.333. The van der Waals surface area contributed by atoms with E-state index in [0.717, 1.165) is 42.1 Å². The SMILES string of the molecule is CN(C)C(=O)COc1ccc(C[C@@H]2CNCCN2C(=O)CCc2ccccc2Oc2ccccc2)cc1. The van der Waals surface area contributed by atoms with Crippen LogP contribution in [0.2, 0.25) is 0 Å². The molecule has 1 heterocycles. The molecule has 3 aromatic carbocycles. The predicted octanol–water partition coefficient (Wildman–Crippen LogP) is 3.92. The van der Waals surface area contributed by atoms with Crippen LogP contribution in [0.3, 0.4) is 0 Å². The van der Waals surface area contributed by atoms with E-state index >= 15 is 0 Å². The van der Waals surface area contributed by atoms with E-state index < -0.39 is 0 Å². The van der Waals surface area contributed by atoms with Gasteiger partial charge in [0.05, 0.1) is 0 Å². The molecule has 7 heteroatoms. The van der Waals surface area contributed by atoms with Crippen LogP contribution in [0, 0.1) is 0 Å². The van der Waals surface area contributed by atoms with Gasteiger partial charge in [-0.3, -0.25) is 9.59 Å².